The van der Waals surface area contributed by atoms with Gasteiger partial charge >= 0.3 is 0 Å². The fourth-order valence-corrected chi connectivity index (χ4v) is 3.26. The Balaban J connectivity index is 2.17. The smallest absolute Gasteiger partial charge is 0.202 e. The number of anilines is 1. The minimum Gasteiger partial charge on any atom is -0.504 e. The molecule has 0 atom stereocenters. The quantitative estimate of drug-likeness (QED) is 0.607. The highest BCUT2D eigenvalue weighted by molar-refractivity contribution is 14.1. The van der Waals surface area contributed by atoms with Crippen molar-refractivity contribution in [3.63, 3.8) is 0 Å². The first kappa shape index (κ1) is 13.5. The number of aryl methyl sites for hydroxylation is 1. The zero-order valence-corrected chi connectivity index (χ0v) is 13.7. The summed E-state index contributed by atoms with van der Waals surface area (Å²) in [4.78, 5) is 0.863. The van der Waals surface area contributed by atoms with Crippen LogP contribution in [0, 0.1) is 10.5 Å². The molecule has 3 nitrogen and oxygen atoms in total. The van der Waals surface area contributed by atoms with Gasteiger partial charge < -0.3 is 15.3 Å². The van der Waals surface area contributed by atoms with Crippen molar-refractivity contribution in [2.24, 2.45) is 0 Å². The van der Waals surface area contributed by atoms with Crippen LogP contribution in [0.2, 0.25) is 0 Å². The van der Waals surface area contributed by atoms with Gasteiger partial charge in [0.05, 0.1) is 10.4 Å². The van der Waals surface area contributed by atoms with E-state index in [4.69, 9.17) is 10.2 Å². The second-order valence-electron chi connectivity index (χ2n) is 4.46. The van der Waals surface area contributed by atoms with E-state index in [9.17, 15) is 5.11 Å². The molecule has 0 bridgehead atoms. The van der Waals surface area contributed by atoms with Crippen molar-refractivity contribution in [3.8, 4) is 27.5 Å². The Bertz CT molecular complexity index is 763. The minimum atomic E-state index is 0.101. The zero-order chi connectivity index (χ0) is 14.3. The van der Waals surface area contributed by atoms with Crippen LogP contribution in [0.4, 0.5) is 5.88 Å². The largest absolute Gasteiger partial charge is 0.504 e. The van der Waals surface area contributed by atoms with Gasteiger partial charge in [0.25, 0.3) is 0 Å². The highest BCUT2D eigenvalue weighted by Gasteiger charge is 2.21. The lowest BCUT2D eigenvalue weighted by atomic mass is 10.1. The SMILES string of the molecule is Cc1ccc(-c2c(N)oc(-c3cccs3)c2O)cc1I. The fraction of sp³-hybridized carbons (Fsp3) is 0.0667. The van der Waals surface area contributed by atoms with E-state index in [0.717, 1.165) is 14.0 Å². The van der Waals surface area contributed by atoms with Crippen molar-refractivity contribution < 1.29 is 9.52 Å². The molecule has 2 heterocycles. The minimum absolute atomic E-state index is 0.101. The van der Waals surface area contributed by atoms with Crippen molar-refractivity contribution in [2.45, 2.75) is 6.92 Å². The molecule has 0 radical (unpaired) electrons. The molecule has 0 amide bonds. The van der Waals surface area contributed by atoms with E-state index in [2.05, 4.69) is 22.6 Å². The van der Waals surface area contributed by atoms with E-state index >= 15 is 0 Å². The summed E-state index contributed by atoms with van der Waals surface area (Å²) < 4.78 is 6.67. The molecule has 0 saturated carbocycles. The van der Waals surface area contributed by atoms with Crippen molar-refractivity contribution in [1.82, 2.24) is 0 Å². The number of rotatable bonds is 2. The van der Waals surface area contributed by atoms with Gasteiger partial charge in [0.2, 0.25) is 5.88 Å². The standard InChI is InChI=1S/C15H12INO2S/c1-8-4-5-9(7-10(8)16)12-13(18)14(19-15(12)17)11-3-2-6-20-11/h2-7,18H,17H2,1H3. The Kier molecular flexibility index (Phi) is 3.47. The molecule has 0 fully saturated rings. The molecule has 3 rings (SSSR count). The van der Waals surface area contributed by atoms with Gasteiger partial charge in [0, 0.05) is 3.57 Å². The third kappa shape index (κ3) is 2.20. The molecule has 5 heteroatoms. The molecule has 0 aliphatic carbocycles. The predicted octanol–water partition coefficient (Wildman–Crippen LogP) is 4.88. The summed E-state index contributed by atoms with van der Waals surface area (Å²) in [7, 11) is 0. The topological polar surface area (TPSA) is 59.4 Å². The Morgan fingerprint density at radius 1 is 1.30 bits per heavy atom. The molecule has 0 aliphatic rings. The third-order valence-electron chi connectivity index (χ3n) is 3.12. The number of furan rings is 1. The molecule has 0 saturated heterocycles. The number of nitrogen functional groups attached to an aromatic ring is 1. The molecule has 20 heavy (non-hydrogen) atoms. The summed E-state index contributed by atoms with van der Waals surface area (Å²) in [5.41, 5.74) is 8.56. The normalized spacial score (nSPS) is 10.9. The van der Waals surface area contributed by atoms with Gasteiger partial charge in [0.1, 0.15) is 0 Å². The van der Waals surface area contributed by atoms with Crippen LogP contribution in [-0.4, -0.2) is 5.11 Å². The molecular weight excluding hydrogens is 385 g/mol. The fourth-order valence-electron chi connectivity index (χ4n) is 2.04. The molecule has 0 unspecified atom stereocenters. The van der Waals surface area contributed by atoms with E-state index in [1.807, 2.05) is 42.6 Å². The van der Waals surface area contributed by atoms with Gasteiger partial charge in [-0.2, -0.15) is 0 Å². The molecule has 1 aromatic carbocycles. The van der Waals surface area contributed by atoms with Gasteiger partial charge in [-0.15, -0.1) is 11.3 Å². The monoisotopic (exact) mass is 397 g/mol. The first-order valence-corrected chi connectivity index (χ1v) is 7.95. The maximum absolute atomic E-state index is 10.4. The summed E-state index contributed by atoms with van der Waals surface area (Å²) >= 11 is 3.77. The lowest BCUT2D eigenvalue weighted by Crippen LogP contribution is -1.87. The van der Waals surface area contributed by atoms with Crippen molar-refractivity contribution >= 4 is 39.8 Å². The highest BCUT2D eigenvalue weighted by atomic mass is 127. The first-order chi connectivity index (χ1) is 9.58. The summed E-state index contributed by atoms with van der Waals surface area (Å²) in [6, 6.07) is 9.75. The average Bonchev–Trinajstić information content (AvgIpc) is 3.02. The van der Waals surface area contributed by atoms with Crippen LogP contribution < -0.4 is 5.73 Å². The molecule has 0 spiro atoms. The maximum atomic E-state index is 10.4. The third-order valence-corrected chi connectivity index (χ3v) is 5.15. The van der Waals surface area contributed by atoms with Gasteiger partial charge in [-0.3, -0.25) is 0 Å². The molecule has 3 N–H and O–H groups in total. The molecular formula is C15H12INO2S. The van der Waals surface area contributed by atoms with E-state index in [-0.39, 0.29) is 11.6 Å². The van der Waals surface area contributed by atoms with Gasteiger partial charge in [-0.1, -0.05) is 18.2 Å². The molecule has 2 aromatic heterocycles. The summed E-state index contributed by atoms with van der Waals surface area (Å²) in [6.45, 7) is 2.04. The zero-order valence-electron chi connectivity index (χ0n) is 10.7. The van der Waals surface area contributed by atoms with E-state index < -0.39 is 0 Å². The molecule has 102 valence electrons. The van der Waals surface area contributed by atoms with Crippen LogP contribution in [-0.2, 0) is 0 Å². The lowest BCUT2D eigenvalue weighted by Gasteiger charge is -2.03. The molecule has 0 aliphatic heterocycles. The van der Waals surface area contributed by atoms with Gasteiger partial charge in [-0.25, -0.2) is 0 Å². The number of hydrogen-bond acceptors (Lipinski definition) is 4. The number of nitrogens with two attached hydrogens (primary N) is 1. The van der Waals surface area contributed by atoms with Crippen LogP contribution >= 0.6 is 33.9 Å². The predicted molar refractivity (Wildman–Crippen MR) is 91.0 cm³/mol. The Morgan fingerprint density at radius 3 is 2.75 bits per heavy atom. The van der Waals surface area contributed by atoms with Crippen LogP contribution in [0.5, 0.6) is 5.75 Å². The van der Waals surface area contributed by atoms with Crippen molar-refractivity contribution in [3.05, 3.63) is 44.8 Å². The highest BCUT2D eigenvalue weighted by Crippen LogP contribution is 2.46. The van der Waals surface area contributed by atoms with E-state index in [1.165, 1.54) is 16.9 Å². The number of hydrogen-bond donors (Lipinski definition) is 2. The lowest BCUT2D eigenvalue weighted by molar-refractivity contribution is 0.467. The number of benzene rings is 1. The van der Waals surface area contributed by atoms with Gasteiger partial charge in [-0.05, 0) is 58.2 Å². The number of aromatic hydroxyl groups is 1. The second-order valence-corrected chi connectivity index (χ2v) is 6.57. The number of halogens is 1. The van der Waals surface area contributed by atoms with Crippen LogP contribution in [0.15, 0.2) is 40.1 Å². The van der Waals surface area contributed by atoms with Gasteiger partial charge in [0.15, 0.2) is 11.5 Å². The van der Waals surface area contributed by atoms with Crippen molar-refractivity contribution in [1.29, 1.82) is 0 Å². The van der Waals surface area contributed by atoms with Crippen LogP contribution in [0.3, 0.4) is 0 Å². The number of thiophene rings is 1. The first-order valence-electron chi connectivity index (χ1n) is 5.99. The second kappa shape index (κ2) is 5.14. The average molecular weight is 397 g/mol. The van der Waals surface area contributed by atoms with E-state index in [1.54, 1.807) is 0 Å². The maximum Gasteiger partial charge on any atom is 0.202 e. The van der Waals surface area contributed by atoms with Crippen LogP contribution in [0.25, 0.3) is 21.8 Å². The summed E-state index contributed by atoms with van der Waals surface area (Å²) in [5.74, 6) is 0.776. The summed E-state index contributed by atoms with van der Waals surface area (Å²) in [5, 5.41) is 12.4. The van der Waals surface area contributed by atoms with Crippen molar-refractivity contribution in [2.75, 3.05) is 5.73 Å². The Labute approximate surface area is 134 Å². The summed E-state index contributed by atoms with van der Waals surface area (Å²) in [6.07, 6.45) is 0. The molecule has 3 aromatic rings. The Hall–Kier alpha value is -1.47. The Morgan fingerprint density at radius 2 is 2.10 bits per heavy atom. The van der Waals surface area contributed by atoms with E-state index in [0.29, 0.717) is 11.3 Å². The van der Waals surface area contributed by atoms with Crippen LogP contribution in [0.1, 0.15) is 5.56 Å².